The first-order chi connectivity index (χ1) is 9.45. The van der Waals surface area contributed by atoms with Gasteiger partial charge in [-0.05, 0) is 12.1 Å². The van der Waals surface area contributed by atoms with Gasteiger partial charge in [0.1, 0.15) is 0 Å². The van der Waals surface area contributed by atoms with Gasteiger partial charge in [0.05, 0.1) is 43.3 Å². The number of rotatable bonds is 2. The van der Waals surface area contributed by atoms with Crippen molar-refractivity contribution in [2.75, 3.05) is 0 Å². The lowest BCUT2D eigenvalue weighted by molar-refractivity contribution is 1.21. The highest BCUT2D eigenvalue weighted by Gasteiger charge is 2.17. The van der Waals surface area contributed by atoms with Crippen LogP contribution in [-0.2, 0) is 6.42 Å². The number of aromatic nitrogens is 1. The third-order valence-corrected chi connectivity index (χ3v) is 4.36. The summed E-state index contributed by atoms with van der Waals surface area (Å²) in [5.74, 6) is 0. The molecule has 0 N–H and O–H groups in total. The Morgan fingerprint density at radius 1 is 0.950 bits per heavy atom. The highest BCUT2D eigenvalue weighted by molar-refractivity contribution is 6.44. The third-order valence-electron chi connectivity index (χ3n) is 2.59. The highest BCUT2D eigenvalue weighted by Crippen LogP contribution is 2.39. The summed E-state index contributed by atoms with van der Waals surface area (Å²) in [6.45, 7) is 0. The Balaban J connectivity index is 2.68. The SMILES string of the molecule is N#CCc1c(Cl)cnc(-c2cc(Cl)c(Cl)cc2Cl)c1Cl. The molecule has 2 rings (SSSR count). The van der Waals surface area contributed by atoms with Crippen LogP contribution < -0.4 is 0 Å². The van der Waals surface area contributed by atoms with Crippen molar-refractivity contribution in [1.82, 2.24) is 4.98 Å². The molecule has 0 aliphatic carbocycles. The first kappa shape index (κ1) is 15.7. The number of hydrogen-bond acceptors (Lipinski definition) is 2. The van der Waals surface area contributed by atoms with Crippen molar-refractivity contribution in [2.24, 2.45) is 0 Å². The van der Waals surface area contributed by atoms with Crippen molar-refractivity contribution in [3.8, 4) is 17.3 Å². The summed E-state index contributed by atoms with van der Waals surface area (Å²) in [5, 5.41) is 10.5. The maximum atomic E-state index is 8.81. The molecular weight excluding hydrogens is 361 g/mol. The molecule has 1 aromatic carbocycles. The van der Waals surface area contributed by atoms with Crippen molar-refractivity contribution in [2.45, 2.75) is 6.42 Å². The normalized spacial score (nSPS) is 10.4. The van der Waals surface area contributed by atoms with E-state index in [1.807, 2.05) is 6.07 Å². The highest BCUT2D eigenvalue weighted by atomic mass is 35.5. The smallest absolute Gasteiger partial charge is 0.0907 e. The second-order valence-corrected chi connectivity index (χ2v) is 5.84. The van der Waals surface area contributed by atoms with Gasteiger partial charge in [-0.1, -0.05) is 58.0 Å². The summed E-state index contributed by atoms with van der Waals surface area (Å²) in [4.78, 5) is 4.16. The van der Waals surface area contributed by atoms with Gasteiger partial charge in [0.2, 0.25) is 0 Å². The Hall–Kier alpha value is -0.690. The second-order valence-electron chi connectivity index (χ2n) is 3.83. The number of nitriles is 1. The third kappa shape index (κ3) is 2.98. The molecule has 0 aliphatic heterocycles. The average Bonchev–Trinajstić information content (AvgIpc) is 2.40. The lowest BCUT2D eigenvalue weighted by Crippen LogP contribution is -1.94. The van der Waals surface area contributed by atoms with Crippen LogP contribution in [0.3, 0.4) is 0 Å². The van der Waals surface area contributed by atoms with Gasteiger partial charge in [-0.2, -0.15) is 5.26 Å². The van der Waals surface area contributed by atoms with Crippen LogP contribution in [0, 0.1) is 11.3 Å². The minimum atomic E-state index is 0.0755. The first-order valence-corrected chi connectivity index (χ1v) is 7.19. The first-order valence-electron chi connectivity index (χ1n) is 5.30. The fraction of sp³-hybridized carbons (Fsp3) is 0.0769. The Morgan fingerprint density at radius 2 is 1.60 bits per heavy atom. The summed E-state index contributed by atoms with van der Waals surface area (Å²) in [6, 6.07) is 5.09. The average molecular weight is 366 g/mol. The molecule has 0 aliphatic rings. The fourth-order valence-electron chi connectivity index (χ4n) is 1.64. The van der Waals surface area contributed by atoms with Crippen molar-refractivity contribution in [1.29, 1.82) is 5.26 Å². The van der Waals surface area contributed by atoms with Gasteiger partial charge < -0.3 is 0 Å². The summed E-state index contributed by atoms with van der Waals surface area (Å²) in [7, 11) is 0. The molecular formula is C13H5Cl5N2. The van der Waals surface area contributed by atoms with Gasteiger partial charge in [0.15, 0.2) is 0 Å². The van der Waals surface area contributed by atoms with Crippen LogP contribution in [0.15, 0.2) is 18.3 Å². The van der Waals surface area contributed by atoms with E-state index >= 15 is 0 Å². The minimum Gasteiger partial charge on any atom is -0.253 e. The zero-order valence-corrected chi connectivity index (χ0v) is 13.5. The van der Waals surface area contributed by atoms with Crippen LogP contribution >= 0.6 is 58.0 Å². The molecule has 2 aromatic rings. The second kappa shape index (κ2) is 6.39. The van der Waals surface area contributed by atoms with Crippen molar-refractivity contribution in [3.05, 3.63) is 49.0 Å². The van der Waals surface area contributed by atoms with E-state index < -0.39 is 0 Å². The predicted molar refractivity (Wildman–Crippen MR) is 84.0 cm³/mol. The van der Waals surface area contributed by atoms with E-state index in [1.54, 1.807) is 6.07 Å². The van der Waals surface area contributed by atoms with E-state index in [4.69, 9.17) is 63.3 Å². The van der Waals surface area contributed by atoms with E-state index in [2.05, 4.69) is 4.98 Å². The molecule has 0 bridgehead atoms. The molecule has 0 amide bonds. The van der Waals surface area contributed by atoms with Crippen LogP contribution in [0.4, 0.5) is 0 Å². The minimum absolute atomic E-state index is 0.0755. The summed E-state index contributed by atoms with van der Waals surface area (Å²) in [6.07, 6.45) is 1.50. The number of benzene rings is 1. The van der Waals surface area contributed by atoms with E-state index in [0.29, 0.717) is 36.9 Å². The van der Waals surface area contributed by atoms with E-state index in [9.17, 15) is 0 Å². The Bertz CT molecular complexity index is 722. The summed E-state index contributed by atoms with van der Waals surface area (Å²) >= 11 is 30.2. The summed E-state index contributed by atoms with van der Waals surface area (Å²) < 4.78 is 0. The Morgan fingerprint density at radius 3 is 2.25 bits per heavy atom. The molecule has 0 saturated carbocycles. The number of nitrogens with zero attached hydrogens (tertiary/aromatic N) is 2. The molecule has 2 nitrogen and oxygen atoms in total. The maximum absolute atomic E-state index is 8.81. The molecule has 0 fully saturated rings. The van der Waals surface area contributed by atoms with Crippen molar-refractivity contribution in [3.63, 3.8) is 0 Å². The van der Waals surface area contributed by atoms with E-state index in [-0.39, 0.29) is 11.4 Å². The van der Waals surface area contributed by atoms with Crippen molar-refractivity contribution >= 4 is 58.0 Å². The van der Waals surface area contributed by atoms with Gasteiger partial charge in [0, 0.05) is 17.3 Å². The molecule has 20 heavy (non-hydrogen) atoms. The number of halogens is 5. The largest absolute Gasteiger partial charge is 0.253 e. The maximum Gasteiger partial charge on any atom is 0.0907 e. The standard InChI is InChI=1S/C13H5Cl5N2/c14-8-4-10(16)9(15)3-7(8)13-12(18)6(1-2-19)11(17)5-20-13/h3-5H,1H2. The van der Waals surface area contributed by atoms with Gasteiger partial charge in [-0.25, -0.2) is 0 Å². The Kier molecular flexibility index (Phi) is 5.01. The molecule has 0 spiro atoms. The molecule has 1 heterocycles. The molecule has 102 valence electrons. The van der Waals surface area contributed by atoms with Crippen LogP contribution in [0.25, 0.3) is 11.3 Å². The topological polar surface area (TPSA) is 36.7 Å². The zero-order valence-electron chi connectivity index (χ0n) is 9.72. The van der Waals surface area contributed by atoms with Crippen LogP contribution in [0.1, 0.15) is 5.56 Å². The van der Waals surface area contributed by atoms with Gasteiger partial charge in [-0.3, -0.25) is 4.98 Å². The van der Waals surface area contributed by atoms with Gasteiger partial charge in [0.25, 0.3) is 0 Å². The lowest BCUT2D eigenvalue weighted by Gasteiger charge is -2.11. The molecule has 1 aromatic heterocycles. The quantitative estimate of drug-likeness (QED) is 0.604. The molecule has 0 radical (unpaired) electrons. The van der Waals surface area contributed by atoms with Crippen LogP contribution in [0.2, 0.25) is 25.1 Å². The molecule has 0 saturated heterocycles. The van der Waals surface area contributed by atoms with E-state index in [0.717, 1.165) is 0 Å². The van der Waals surface area contributed by atoms with Gasteiger partial charge >= 0.3 is 0 Å². The lowest BCUT2D eigenvalue weighted by atomic mass is 10.1. The summed E-state index contributed by atoms with van der Waals surface area (Å²) in [5.41, 5.74) is 1.44. The Labute approximate surface area is 140 Å². The van der Waals surface area contributed by atoms with Crippen LogP contribution in [-0.4, -0.2) is 4.98 Å². The van der Waals surface area contributed by atoms with Gasteiger partial charge in [-0.15, -0.1) is 0 Å². The molecule has 0 atom stereocenters. The molecule has 0 unspecified atom stereocenters. The van der Waals surface area contributed by atoms with Crippen LogP contribution in [0.5, 0.6) is 0 Å². The van der Waals surface area contributed by atoms with E-state index in [1.165, 1.54) is 12.3 Å². The monoisotopic (exact) mass is 364 g/mol. The number of pyridine rings is 1. The number of hydrogen-bond donors (Lipinski definition) is 0. The van der Waals surface area contributed by atoms with Crippen molar-refractivity contribution < 1.29 is 0 Å². The zero-order chi connectivity index (χ0) is 14.9. The molecule has 7 heteroatoms. The fourth-order valence-corrected chi connectivity index (χ4v) is 2.85. The predicted octanol–water partition coefficient (Wildman–Crippen LogP) is 6.08.